The van der Waals surface area contributed by atoms with Gasteiger partial charge in [-0.2, -0.15) is 0 Å². The van der Waals surface area contributed by atoms with Gasteiger partial charge in [0.25, 0.3) is 0 Å². The zero-order valence-electron chi connectivity index (χ0n) is 7.41. The summed E-state index contributed by atoms with van der Waals surface area (Å²) in [7, 11) is 1.51. The van der Waals surface area contributed by atoms with Gasteiger partial charge in [0, 0.05) is 13.6 Å². The van der Waals surface area contributed by atoms with Gasteiger partial charge in [0.2, 0.25) is 0 Å². The van der Waals surface area contributed by atoms with Gasteiger partial charge >= 0.3 is 12.0 Å². The van der Waals surface area contributed by atoms with Crippen LogP contribution in [0.15, 0.2) is 0 Å². The number of aliphatic carboxylic acids is 1. The Morgan fingerprint density at radius 2 is 2.23 bits per heavy atom. The Labute approximate surface area is 76.7 Å². The predicted molar refractivity (Wildman–Crippen MR) is 47.1 cm³/mol. The van der Waals surface area contributed by atoms with Crippen LogP contribution in [0.5, 0.6) is 0 Å². The Kier molecular flexibility index (Phi) is 5.12. The van der Waals surface area contributed by atoms with E-state index in [4.69, 9.17) is 11.5 Å². The number of carboxylic acids is 1. The SMILES string of the molecule is C#CCNC(=O)N(C)CCC(=O)O. The summed E-state index contributed by atoms with van der Waals surface area (Å²) in [6.07, 6.45) is 4.85. The molecule has 5 heteroatoms. The van der Waals surface area contributed by atoms with Crippen LogP contribution in [0.3, 0.4) is 0 Å². The van der Waals surface area contributed by atoms with Gasteiger partial charge in [-0.15, -0.1) is 6.42 Å². The Hall–Kier alpha value is -1.70. The molecule has 0 atom stereocenters. The fourth-order valence-electron chi connectivity index (χ4n) is 0.626. The molecular weight excluding hydrogens is 172 g/mol. The van der Waals surface area contributed by atoms with Crippen molar-refractivity contribution in [3.8, 4) is 12.3 Å². The van der Waals surface area contributed by atoms with Crippen molar-refractivity contribution in [3.05, 3.63) is 0 Å². The van der Waals surface area contributed by atoms with Crippen molar-refractivity contribution >= 4 is 12.0 Å². The van der Waals surface area contributed by atoms with Crippen molar-refractivity contribution in [1.82, 2.24) is 10.2 Å². The topological polar surface area (TPSA) is 69.6 Å². The van der Waals surface area contributed by atoms with E-state index in [1.165, 1.54) is 11.9 Å². The maximum atomic E-state index is 11.0. The van der Waals surface area contributed by atoms with Crippen molar-refractivity contribution < 1.29 is 14.7 Å². The van der Waals surface area contributed by atoms with Crippen LogP contribution in [0, 0.1) is 12.3 Å². The molecule has 0 aromatic rings. The van der Waals surface area contributed by atoms with Crippen molar-refractivity contribution in [3.63, 3.8) is 0 Å². The van der Waals surface area contributed by atoms with E-state index in [1.54, 1.807) is 0 Å². The van der Waals surface area contributed by atoms with E-state index < -0.39 is 5.97 Å². The average molecular weight is 184 g/mol. The third kappa shape index (κ3) is 5.56. The molecule has 0 aliphatic heterocycles. The molecule has 0 rings (SSSR count). The summed E-state index contributed by atoms with van der Waals surface area (Å²) in [5.41, 5.74) is 0. The standard InChI is InChI=1S/C8H12N2O3/c1-3-5-9-8(13)10(2)6-4-7(11)12/h1H,4-6H2,2H3,(H,9,13)(H,11,12). The van der Waals surface area contributed by atoms with E-state index >= 15 is 0 Å². The normalized spacial score (nSPS) is 8.62. The van der Waals surface area contributed by atoms with Crippen LogP contribution in [0.4, 0.5) is 4.79 Å². The molecule has 0 saturated heterocycles. The van der Waals surface area contributed by atoms with Gasteiger partial charge in [-0.05, 0) is 0 Å². The molecule has 2 N–H and O–H groups in total. The van der Waals surface area contributed by atoms with E-state index in [-0.39, 0.29) is 25.5 Å². The maximum absolute atomic E-state index is 11.0. The highest BCUT2D eigenvalue weighted by Crippen LogP contribution is 1.87. The summed E-state index contributed by atoms with van der Waals surface area (Å²) < 4.78 is 0. The van der Waals surface area contributed by atoms with Crippen molar-refractivity contribution in [2.45, 2.75) is 6.42 Å². The lowest BCUT2D eigenvalue weighted by Gasteiger charge is -2.15. The third-order valence-corrected chi connectivity index (χ3v) is 1.35. The van der Waals surface area contributed by atoms with E-state index in [1.807, 2.05) is 0 Å². The smallest absolute Gasteiger partial charge is 0.317 e. The minimum Gasteiger partial charge on any atom is -0.481 e. The Bertz CT molecular complexity index is 232. The molecule has 0 spiro atoms. The second kappa shape index (κ2) is 5.89. The first-order valence-corrected chi connectivity index (χ1v) is 3.72. The van der Waals surface area contributed by atoms with Gasteiger partial charge in [-0.1, -0.05) is 5.92 Å². The minimum atomic E-state index is -0.934. The lowest BCUT2D eigenvalue weighted by molar-refractivity contribution is -0.137. The van der Waals surface area contributed by atoms with Crippen LogP contribution in [-0.2, 0) is 4.79 Å². The second-order valence-corrected chi connectivity index (χ2v) is 2.43. The molecule has 0 fully saturated rings. The van der Waals surface area contributed by atoms with Crippen LogP contribution in [0.1, 0.15) is 6.42 Å². The molecular formula is C8H12N2O3. The molecule has 0 radical (unpaired) electrons. The summed E-state index contributed by atoms with van der Waals surface area (Å²) >= 11 is 0. The summed E-state index contributed by atoms with van der Waals surface area (Å²) in [5, 5.41) is 10.7. The number of carbonyl (C=O) groups is 2. The lowest BCUT2D eigenvalue weighted by atomic mass is 10.4. The van der Waals surface area contributed by atoms with Gasteiger partial charge in [-0.3, -0.25) is 4.79 Å². The monoisotopic (exact) mass is 184 g/mol. The number of terminal acetylenes is 1. The van der Waals surface area contributed by atoms with Gasteiger partial charge in [-0.25, -0.2) is 4.79 Å². The number of nitrogens with zero attached hydrogens (tertiary/aromatic N) is 1. The van der Waals surface area contributed by atoms with Crippen LogP contribution < -0.4 is 5.32 Å². The summed E-state index contributed by atoms with van der Waals surface area (Å²) in [6.45, 7) is 0.321. The van der Waals surface area contributed by atoms with E-state index in [0.717, 1.165) is 0 Å². The van der Waals surface area contributed by atoms with Gasteiger partial charge < -0.3 is 15.3 Å². The van der Waals surface area contributed by atoms with Gasteiger partial charge in [0.15, 0.2) is 0 Å². The molecule has 0 bridgehead atoms. The van der Waals surface area contributed by atoms with E-state index in [0.29, 0.717) is 0 Å². The van der Waals surface area contributed by atoms with Crippen LogP contribution in [0.2, 0.25) is 0 Å². The fourth-order valence-corrected chi connectivity index (χ4v) is 0.626. The predicted octanol–water partition coefficient (Wildman–Crippen LogP) is -0.264. The highest BCUT2D eigenvalue weighted by atomic mass is 16.4. The highest BCUT2D eigenvalue weighted by molar-refractivity contribution is 5.75. The number of nitrogens with one attached hydrogen (secondary N) is 1. The molecule has 5 nitrogen and oxygen atoms in total. The lowest BCUT2D eigenvalue weighted by Crippen LogP contribution is -2.38. The molecule has 2 amide bonds. The molecule has 13 heavy (non-hydrogen) atoms. The molecule has 0 saturated carbocycles. The molecule has 0 aliphatic carbocycles. The van der Waals surface area contributed by atoms with Crippen LogP contribution in [0.25, 0.3) is 0 Å². The number of hydrogen-bond acceptors (Lipinski definition) is 2. The largest absolute Gasteiger partial charge is 0.481 e. The van der Waals surface area contributed by atoms with Crippen molar-refractivity contribution in [2.24, 2.45) is 0 Å². The molecule has 0 aromatic heterocycles. The number of carbonyl (C=O) groups excluding carboxylic acids is 1. The molecule has 0 heterocycles. The number of carboxylic acid groups (broad SMARTS) is 1. The van der Waals surface area contributed by atoms with E-state index in [2.05, 4.69) is 11.2 Å². The molecule has 0 aromatic carbocycles. The molecule has 0 unspecified atom stereocenters. The minimum absolute atomic E-state index is 0.0695. The van der Waals surface area contributed by atoms with Gasteiger partial charge in [0.1, 0.15) is 0 Å². The quantitative estimate of drug-likeness (QED) is 0.591. The first-order valence-electron chi connectivity index (χ1n) is 3.72. The zero-order chi connectivity index (χ0) is 10.3. The summed E-state index contributed by atoms with van der Waals surface area (Å²) in [5.74, 6) is 1.31. The molecule has 72 valence electrons. The average Bonchev–Trinajstić information content (AvgIpc) is 2.10. The summed E-state index contributed by atoms with van der Waals surface area (Å²) in [6, 6.07) is -0.362. The number of urea groups is 1. The third-order valence-electron chi connectivity index (χ3n) is 1.35. The number of hydrogen-bond donors (Lipinski definition) is 2. The fraction of sp³-hybridized carbons (Fsp3) is 0.500. The Morgan fingerprint density at radius 3 is 2.69 bits per heavy atom. The number of rotatable bonds is 4. The first-order chi connectivity index (χ1) is 6.07. The van der Waals surface area contributed by atoms with Gasteiger partial charge in [0.05, 0.1) is 13.0 Å². The number of amides is 2. The summed E-state index contributed by atoms with van der Waals surface area (Å²) in [4.78, 5) is 22.5. The zero-order valence-corrected chi connectivity index (χ0v) is 7.41. The molecule has 0 aliphatic rings. The van der Waals surface area contributed by atoms with Crippen molar-refractivity contribution in [1.29, 1.82) is 0 Å². The van der Waals surface area contributed by atoms with Crippen molar-refractivity contribution in [2.75, 3.05) is 20.1 Å². The highest BCUT2D eigenvalue weighted by Gasteiger charge is 2.08. The Morgan fingerprint density at radius 1 is 1.62 bits per heavy atom. The van der Waals surface area contributed by atoms with Crippen LogP contribution >= 0.6 is 0 Å². The first kappa shape index (κ1) is 11.3. The van der Waals surface area contributed by atoms with Crippen LogP contribution in [-0.4, -0.2) is 42.1 Å². The second-order valence-electron chi connectivity index (χ2n) is 2.43. The van der Waals surface area contributed by atoms with E-state index in [9.17, 15) is 9.59 Å². The Balaban J connectivity index is 3.70. The maximum Gasteiger partial charge on any atom is 0.317 e.